The Morgan fingerprint density at radius 3 is 2.50 bits per heavy atom. The second-order valence-electron chi connectivity index (χ2n) is 4.90. The second-order valence-corrected chi connectivity index (χ2v) is 5.31. The molecule has 0 fully saturated rings. The minimum atomic E-state index is 0.155. The highest BCUT2D eigenvalue weighted by Gasteiger charge is 2.07. The topological polar surface area (TPSA) is 37.0 Å². The molecule has 104 valence electrons. The van der Waals surface area contributed by atoms with E-state index in [1.807, 2.05) is 44.2 Å². The molecule has 4 heteroatoms. The van der Waals surface area contributed by atoms with Crippen molar-refractivity contribution >= 4 is 23.1 Å². The maximum Gasteiger partial charge on any atom is 0.172 e. The van der Waals surface area contributed by atoms with Crippen LogP contribution in [0.4, 0.5) is 5.82 Å². The van der Waals surface area contributed by atoms with Crippen molar-refractivity contribution in [3.05, 3.63) is 59.3 Å². The lowest BCUT2D eigenvalue weighted by molar-refractivity contribution is 0.722. The smallest absolute Gasteiger partial charge is 0.172 e. The predicted octanol–water partition coefficient (Wildman–Crippen LogP) is 3.75. The number of rotatable bonds is 3. The first-order chi connectivity index (χ1) is 9.54. The summed E-state index contributed by atoms with van der Waals surface area (Å²) in [5.74, 6) is 0.778. The zero-order chi connectivity index (χ0) is 14.5. The van der Waals surface area contributed by atoms with Crippen LogP contribution in [0.15, 0.2) is 42.5 Å². The molecule has 0 aliphatic heterocycles. The fourth-order valence-electron chi connectivity index (χ4n) is 2.08. The van der Waals surface area contributed by atoms with Crippen LogP contribution >= 0.6 is 12.2 Å². The Kier molecular flexibility index (Phi) is 4.69. The van der Waals surface area contributed by atoms with Crippen molar-refractivity contribution in [3.63, 3.8) is 0 Å². The predicted molar refractivity (Wildman–Crippen MR) is 87.9 cm³/mol. The van der Waals surface area contributed by atoms with E-state index < -0.39 is 0 Å². The van der Waals surface area contributed by atoms with Gasteiger partial charge in [-0.25, -0.2) is 4.98 Å². The van der Waals surface area contributed by atoms with Crippen molar-refractivity contribution in [1.29, 1.82) is 0 Å². The lowest BCUT2D eigenvalue weighted by Crippen LogP contribution is -2.31. The van der Waals surface area contributed by atoms with Crippen LogP contribution in [0, 0.1) is 13.8 Å². The highest BCUT2D eigenvalue weighted by atomic mass is 32.1. The number of nitrogens with zero attached hydrogens (tertiary/aromatic N) is 1. The minimum Gasteiger partial charge on any atom is -0.356 e. The van der Waals surface area contributed by atoms with Crippen molar-refractivity contribution in [1.82, 2.24) is 10.3 Å². The molecule has 2 rings (SSSR count). The Bertz CT molecular complexity index is 576. The van der Waals surface area contributed by atoms with Gasteiger partial charge >= 0.3 is 0 Å². The third kappa shape index (κ3) is 4.03. The molecule has 0 unspecified atom stereocenters. The van der Waals surface area contributed by atoms with Crippen LogP contribution in [0.25, 0.3) is 0 Å². The van der Waals surface area contributed by atoms with Gasteiger partial charge in [-0.2, -0.15) is 0 Å². The summed E-state index contributed by atoms with van der Waals surface area (Å²) < 4.78 is 0. The zero-order valence-electron chi connectivity index (χ0n) is 12.0. The molecule has 0 saturated carbocycles. The highest BCUT2D eigenvalue weighted by molar-refractivity contribution is 7.80. The van der Waals surface area contributed by atoms with Crippen LogP contribution in [0.1, 0.15) is 29.8 Å². The zero-order valence-corrected chi connectivity index (χ0v) is 12.8. The van der Waals surface area contributed by atoms with Crippen molar-refractivity contribution < 1.29 is 0 Å². The van der Waals surface area contributed by atoms with Gasteiger partial charge in [-0.3, -0.25) is 0 Å². The van der Waals surface area contributed by atoms with E-state index in [0.29, 0.717) is 5.11 Å². The maximum atomic E-state index is 5.34. The molecular formula is C16H19N3S. The Morgan fingerprint density at radius 1 is 1.15 bits per heavy atom. The molecule has 0 spiro atoms. The van der Waals surface area contributed by atoms with Crippen molar-refractivity contribution in [2.24, 2.45) is 0 Å². The molecule has 0 amide bonds. The van der Waals surface area contributed by atoms with Crippen LogP contribution in [-0.4, -0.2) is 10.1 Å². The van der Waals surface area contributed by atoms with Gasteiger partial charge in [-0.15, -0.1) is 0 Å². The number of pyridine rings is 1. The lowest BCUT2D eigenvalue weighted by atomic mass is 10.1. The van der Waals surface area contributed by atoms with Crippen LogP contribution in [-0.2, 0) is 0 Å². The first-order valence-electron chi connectivity index (χ1n) is 6.62. The summed E-state index contributed by atoms with van der Waals surface area (Å²) in [6.45, 7) is 6.10. The van der Waals surface area contributed by atoms with Crippen molar-refractivity contribution in [2.75, 3.05) is 5.32 Å². The highest BCUT2D eigenvalue weighted by Crippen LogP contribution is 2.12. The average molecular weight is 285 g/mol. The van der Waals surface area contributed by atoms with Gasteiger partial charge in [0.1, 0.15) is 5.82 Å². The largest absolute Gasteiger partial charge is 0.356 e. The van der Waals surface area contributed by atoms with E-state index in [9.17, 15) is 0 Å². The summed E-state index contributed by atoms with van der Waals surface area (Å²) in [5, 5.41) is 6.98. The van der Waals surface area contributed by atoms with Gasteiger partial charge in [0, 0.05) is 5.69 Å². The van der Waals surface area contributed by atoms with Gasteiger partial charge in [-0.05, 0) is 56.2 Å². The quantitative estimate of drug-likeness (QED) is 0.842. The molecule has 1 aromatic carbocycles. The third-order valence-corrected chi connectivity index (χ3v) is 3.21. The molecule has 1 aromatic heterocycles. The molecule has 3 nitrogen and oxygen atoms in total. The second kappa shape index (κ2) is 6.48. The molecule has 0 saturated heterocycles. The number of hydrogen-bond donors (Lipinski definition) is 2. The summed E-state index contributed by atoms with van der Waals surface area (Å²) >= 11 is 5.34. The van der Waals surface area contributed by atoms with Crippen LogP contribution < -0.4 is 10.6 Å². The van der Waals surface area contributed by atoms with E-state index in [1.165, 1.54) is 11.1 Å². The summed E-state index contributed by atoms with van der Waals surface area (Å²) in [4.78, 5) is 4.42. The van der Waals surface area contributed by atoms with Crippen LogP contribution in [0.2, 0.25) is 0 Å². The van der Waals surface area contributed by atoms with E-state index in [0.717, 1.165) is 11.5 Å². The summed E-state index contributed by atoms with van der Waals surface area (Å²) in [6, 6.07) is 14.4. The average Bonchev–Trinajstić information content (AvgIpc) is 2.38. The summed E-state index contributed by atoms with van der Waals surface area (Å²) in [5.41, 5.74) is 3.34. The number of benzene rings is 1. The molecule has 2 aromatic rings. The Hall–Kier alpha value is -1.94. The number of aryl methyl sites for hydroxylation is 2. The van der Waals surface area contributed by atoms with Gasteiger partial charge in [0.05, 0.1) is 6.04 Å². The van der Waals surface area contributed by atoms with E-state index in [-0.39, 0.29) is 6.04 Å². The van der Waals surface area contributed by atoms with E-state index >= 15 is 0 Å². The third-order valence-electron chi connectivity index (χ3n) is 2.99. The normalized spacial score (nSPS) is 11.8. The first-order valence-corrected chi connectivity index (χ1v) is 7.03. The molecule has 20 heavy (non-hydrogen) atoms. The standard InChI is InChI=1S/C16H19N3S/c1-11-9-12(2)17-15(10-11)19-16(20)18-13(3)14-7-5-4-6-8-14/h4-10,13H,1-3H3,(H2,17,18,19,20)/t13-/m1/s1. The van der Waals surface area contributed by atoms with E-state index in [2.05, 4.69) is 34.7 Å². The monoisotopic (exact) mass is 285 g/mol. The molecule has 0 aliphatic carbocycles. The maximum absolute atomic E-state index is 5.34. The van der Waals surface area contributed by atoms with Gasteiger partial charge in [-0.1, -0.05) is 30.3 Å². The number of thiocarbonyl (C=S) groups is 1. The van der Waals surface area contributed by atoms with Gasteiger partial charge in [0.25, 0.3) is 0 Å². The fraction of sp³-hybridized carbons (Fsp3) is 0.250. The Morgan fingerprint density at radius 2 is 1.85 bits per heavy atom. The molecule has 2 N–H and O–H groups in total. The minimum absolute atomic E-state index is 0.155. The SMILES string of the molecule is Cc1cc(C)nc(NC(=S)N[C@H](C)c2ccccc2)c1. The van der Waals surface area contributed by atoms with Crippen LogP contribution in [0.5, 0.6) is 0 Å². The number of hydrogen-bond acceptors (Lipinski definition) is 2. The van der Waals surface area contributed by atoms with Gasteiger partial charge in [0.2, 0.25) is 0 Å². The lowest BCUT2D eigenvalue weighted by Gasteiger charge is -2.17. The summed E-state index contributed by atoms with van der Waals surface area (Å²) in [6.07, 6.45) is 0. The van der Waals surface area contributed by atoms with Gasteiger partial charge < -0.3 is 10.6 Å². The molecule has 0 bridgehead atoms. The number of aromatic nitrogens is 1. The van der Waals surface area contributed by atoms with Crippen molar-refractivity contribution in [3.8, 4) is 0 Å². The Labute approximate surface area is 125 Å². The Balaban J connectivity index is 1.99. The molecule has 1 heterocycles. The first kappa shape index (κ1) is 14.5. The number of nitrogens with one attached hydrogen (secondary N) is 2. The number of anilines is 1. The molecule has 0 aliphatic rings. The van der Waals surface area contributed by atoms with Crippen molar-refractivity contribution in [2.45, 2.75) is 26.8 Å². The molecule has 0 radical (unpaired) electrons. The van der Waals surface area contributed by atoms with Crippen LogP contribution in [0.3, 0.4) is 0 Å². The summed E-state index contributed by atoms with van der Waals surface area (Å²) in [7, 11) is 0. The fourth-order valence-corrected chi connectivity index (χ4v) is 2.36. The van der Waals surface area contributed by atoms with E-state index in [1.54, 1.807) is 0 Å². The molecule has 1 atom stereocenters. The van der Waals surface area contributed by atoms with E-state index in [4.69, 9.17) is 12.2 Å². The van der Waals surface area contributed by atoms with Gasteiger partial charge in [0.15, 0.2) is 5.11 Å². The molecular weight excluding hydrogens is 266 g/mol.